The van der Waals surface area contributed by atoms with Crippen LogP contribution in [-0.2, 0) is 14.8 Å². The van der Waals surface area contributed by atoms with Crippen LogP contribution in [0.2, 0.25) is 0 Å². The summed E-state index contributed by atoms with van der Waals surface area (Å²) in [5.41, 5.74) is 2.72. The van der Waals surface area contributed by atoms with Crippen LogP contribution in [0.1, 0.15) is 18.1 Å². The fraction of sp³-hybridized carbons (Fsp3) is 0.235. The molecule has 1 atom stereocenters. The Morgan fingerprint density at radius 2 is 1.83 bits per heavy atom. The Hall–Kier alpha value is -2.54. The molecule has 0 saturated heterocycles. The molecule has 1 heterocycles. The van der Waals surface area contributed by atoms with Gasteiger partial charge in [0.1, 0.15) is 5.75 Å². The SMILES string of the molecule is Cc1ccc(S(=O)(=O)Nc2ccc3c(c2)NC(=O)C(C)O3)cc1C. The van der Waals surface area contributed by atoms with E-state index in [1.54, 1.807) is 37.3 Å². The Balaban J connectivity index is 1.89. The highest BCUT2D eigenvalue weighted by atomic mass is 32.2. The van der Waals surface area contributed by atoms with Crippen molar-refractivity contribution in [2.24, 2.45) is 0 Å². The first-order valence-corrected chi connectivity index (χ1v) is 8.96. The largest absolute Gasteiger partial charge is 0.479 e. The molecule has 1 unspecified atom stereocenters. The first-order chi connectivity index (χ1) is 11.3. The van der Waals surface area contributed by atoms with Gasteiger partial charge in [0.25, 0.3) is 15.9 Å². The molecule has 2 aromatic carbocycles. The number of aryl methyl sites for hydroxylation is 2. The van der Waals surface area contributed by atoms with Gasteiger partial charge in [-0.05, 0) is 62.2 Å². The van der Waals surface area contributed by atoms with Crippen LogP contribution in [0.25, 0.3) is 0 Å². The molecule has 0 bridgehead atoms. The molecule has 3 rings (SSSR count). The number of amides is 1. The van der Waals surface area contributed by atoms with E-state index in [1.807, 2.05) is 13.8 Å². The summed E-state index contributed by atoms with van der Waals surface area (Å²) in [6.07, 6.45) is -0.574. The summed E-state index contributed by atoms with van der Waals surface area (Å²) in [5, 5.41) is 2.69. The van der Waals surface area contributed by atoms with E-state index in [9.17, 15) is 13.2 Å². The molecule has 2 aromatic rings. The number of sulfonamides is 1. The lowest BCUT2D eigenvalue weighted by molar-refractivity contribution is -0.122. The maximum Gasteiger partial charge on any atom is 0.265 e. The average molecular weight is 346 g/mol. The van der Waals surface area contributed by atoms with Gasteiger partial charge in [-0.15, -0.1) is 0 Å². The molecule has 1 aliphatic rings. The van der Waals surface area contributed by atoms with Crippen LogP contribution in [0, 0.1) is 13.8 Å². The Morgan fingerprint density at radius 3 is 2.54 bits per heavy atom. The molecular formula is C17H18N2O4S. The predicted molar refractivity (Wildman–Crippen MR) is 91.9 cm³/mol. The van der Waals surface area contributed by atoms with E-state index in [2.05, 4.69) is 10.0 Å². The van der Waals surface area contributed by atoms with Crippen LogP contribution >= 0.6 is 0 Å². The van der Waals surface area contributed by atoms with Crippen LogP contribution in [0.15, 0.2) is 41.3 Å². The van der Waals surface area contributed by atoms with Crippen LogP contribution < -0.4 is 14.8 Å². The van der Waals surface area contributed by atoms with E-state index in [0.29, 0.717) is 17.1 Å². The third-order valence-electron chi connectivity index (χ3n) is 3.95. The molecule has 0 radical (unpaired) electrons. The minimum Gasteiger partial charge on any atom is -0.479 e. The molecule has 0 aromatic heterocycles. The average Bonchev–Trinajstić information content (AvgIpc) is 2.51. The van der Waals surface area contributed by atoms with Crippen molar-refractivity contribution in [3.05, 3.63) is 47.5 Å². The minimum absolute atomic E-state index is 0.192. The summed E-state index contributed by atoms with van der Waals surface area (Å²) in [6, 6.07) is 9.73. The summed E-state index contributed by atoms with van der Waals surface area (Å²) in [5.74, 6) is 0.243. The maximum absolute atomic E-state index is 12.5. The van der Waals surface area contributed by atoms with E-state index in [-0.39, 0.29) is 10.8 Å². The van der Waals surface area contributed by atoms with Gasteiger partial charge in [0.05, 0.1) is 16.3 Å². The fourth-order valence-electron chi connectivity index (χ4n) is 2.37. The number of carbonyl (C=O) groups is 1. The van der Waals surface area contributed by atoms with Crippen molar-refractivity contribution in [3.8, 4) is 5.75 Å². The monoisotopic (exact) mass is 346 g/mol. The molecule has 0 spiro atoms. The Bertz CT molecular complexity index is 922. The van der Waals surface area contributed by atoms with Gasteiger partial charge in [0.2, 0.25) is 0 Å². The predicted octanol–water partition coefficient (Wildman–Crippen LogP) is 2.82. The number of ether oxygens (including phenoxy) is 1. The highest BCUT2D eigenvalue weighted by Crippen LogP contribution is 2.32. The Morgan fingerprint density at radius 1 is 1.08 bits per heavy atom. The molecule has 0 saturated carbocycles. The van der Waals surface area contributed by atoms with E-state index in [1.165, 1.54) is 6.07 Å². The van der Waals surface area contributed by atoms with E-state index in [4.69, 9.17) is 4.74 Å². The van der Waals surface area contributed by atoms with Crippen molar-refractivity contribution < 1.29 is 17.9 Å². The van der Waals surface area contributed by atoms with Crippen LogP contribution in [0.3, 0.4) is 0 Å². The Labute approximate surface area is 140 Å². The van der Waals surface area contributed by atoms with Crippen molar-refractivity contribution in [1.29, 1.82) is 0 Å². The summed E-state index contributed by atoms with van der Waals surface area (Å²) < 4.78 is 33.0. The zero-order chi connectivity index (χ0) is 17.5. The quantitative estimate of drug-likeness (QED) is 0.895. The molecule has 1 aliphatic heterocycles. The van der Waals surface area contributed by atoms with Gasteiger partial charge in [-0.2, -0.15) is 0 Å². The number of rotatable bonds is 3. The van der Waals surface area contributed by atoms with Crippen molar-refractivity contribution in [2.75, 3.05) is 10.0 Å². The zero-order valence-electron chi connectivity index (χ0n) is 13.6. The minimum atomic E-state index is -3.71. The highest BCUT2D eigenvalue weighted by molar-refractivity contribution is 7.92. The van der Waals surface area contributed by atoms with Gasteiger partial charge in [0, 0.05) is 0 Å². The van der Waals surface area contributed by atoms with Gasteiger partial charge >= 0.3 is 0 Å². The molecule has 1 amide bonds. The second-order valence-electron chi connectivity index (χ2n) is 5.81. The van der Waals surface area contributed by atoms with E-state index < -0.39 is 16.1 Å². The van der Waals surface area contributed by atoms with Gasteiger partial charge in [-0.25, -0.2) is 8.42 Å². The van der Waals surface area contributed by atoms with Crippen molar-refractivity contribution in [2.45, 2.75) is 31.8 Å². The summed E-state index contributed by atoms with van der Waals surface area (Å²) in [7, 11) is -3.71. The number of fused-ring (bicyclic) bond motifs is 1. The molecule has 0 aliphatic carbocycles. The van der Waals surface area contributed by atoms with Gasteiger partial charge in [-0.1, -0.05) is 6.07 Å². The normalized spacial score (nSPS) is 16.8. The lowest BCUT2D eigenvalue weighted by atomic mass is 10.1. The first kappa shape index (κ1) is 16.3. The van der Waals surface area contributed by atoms with E-state index in [0.717, 1.165) is 11.1 Å². The van der Waals surface area contributed by atoms with Gasteiger partial charge < -0.3 is 10.1 Å². The molecule has 2 N–H and O–H groups in total. The summed E-state index contributed by atoms with van der Waals surface area (Å²) in [4.78, 5) is 11.9. The number of nitrogens with one attached hydrogen (secondary N) is 2. The standard InChI is InChI=1S/C17H18N2O4S/c1-10-4-6-14(8-11(10)2)24(21,22)19-13-5-7-16-15(9-13)18-17(20)12(3)23-16/h4-9,12,19H,1-3H3,(H,18,20). The number of hydrogen-bond acceptors (Lipinski definition) is 4. The number of hydrogen-bond donors (Lipinski definition) is 2. The molecule has 7 heteroatoms. The fourth-order valence-corrected chi connectivity index (χ4v) is 3.50. The lowest BCUT2D eigenvalue weighted by Gasteiger charge is -2.23. The number of anilines is 2. The van der Waals surface area contributed by atoms with Crippen LogP contribution in [-0.4, -0.2) is 20.4 Å². The third kappa shape index (κ3) is 3.07. The lowest BCUT2D eigenvalue weighted by Crippen LogP contribution is -2.34. The molecule has 6 nitrogen and oxygen atoms in total. The van der Waals surface area contributed by atoms with Gasteiger partial charge in [-0.3, -0.25) is 9.52 Å². The molecular weight excluding hydrogens is 328 g/mol. The van der Waals surface area contributed by atoms with Crippen molar-refractivity contribution >= 4 is 27.3 Å². The molecule has 0 fully saturated rings. The molecule has 24 heavy (non-hydrogen) atoms. The van der Waals surface area contributed by atoms with Crippen molar-refractivity contribution in [1.82, 2.24) is 0 Å². The molecule has 126 valence electrons. The third-order valence-corrected chi connectivity index (χ3v) is 5.33. The highest BCUT2D eigenvalue weighted by Gasteiger charge is 2.24. The summed E-state index contributed by atoms with van der Waals surface area (Å²) >= 11 is 0. The Kier molecular flexibility index (Phi) is 3.96. The number of benzene rings is 2. The summed E-state index contributed by atoms with van der Waals surface area (Å²) in [6.45, 7) is 5.43. The van der Waals surface area contributed by atoms with Crippen molar-refractivity contribution in [3.63, 3.8) is 0 Å². The second kappa shape index (κ2) is 5.83. The zero-order valence-corrected chi connectivity index (χ0v) is 14.4. The number of carbonyl (C=O) groups excluding carboxylic acids is 1. The second-order valence-corrected chi connectivity index (χ2v) is 7.49. The maximum atomic E-state index is 12.5. The topological polar surface area (TPSA) is 84.5 Å². The smallest absolute Gasteiger partial charge is 0.265 e. The van der Waals surface area contributed by atoms with Crippen LogP contribution in [0.4, 0.5) is 11.4 Å². The first-order valence-electron chi connectivity index (χ1n) is 7.48. The van der Waals surface area contributed by atoms with E-state index >= 15 is 0 Å². The van der Waals surface area contributed by atoms with Gasteiger partial charge in [0.15, 0.2) is 6.10 Å². The van der Waals surface area contributed by atoms with Crippen LogP contribution in [0.5, 0.6) is 5.75 Å².